The maximum Gasteiger partial charge on any atom is 0.128 e. The number of pyridine rings is 1. The van der Waals surface area contributed by atoms with Crippen LogP contribution in [0.4, 0.5) is 5.82 Å². The molecule has 0 aliphatic heterocycles. The normalized spacial score (nSPS) is 10.8. The number of aliphatic hydroxyl groups excluding tert-OH is 1. The van der Waals surface area contributed by atoms with Crippen LogP contribution in [-0.4, -0.2) is 23.7 Å². The third-order valence-corrected chi connectivity index (χ3v) is 4.21. The van der Waals surface area contributed by atoms with Crippen LogP contribution < -0.4 is 4.90 Å². The predicted molar refractivity (Wildman–Crippen MR) is 85.4 cm³/mol. The Morgan fingerprint density at radius 3 is 2.80 bits per heavy atom. The summed E-state index contributed by atoms with van der Waals surface area (Å²) >= 11 is 1.79. The van der Waals surface area contributed by atoms with Crippen molar-refractivity contribution in [2.75, 3.05) is 18.5 Å². The first-order chi connectivity index (χ1) is 9.72. The Kier molecular flexibility index (Phi) is 5.56. The van der Waals surface area contributed by atoms with Crippen LogP contribution in [0.25, 0.3) is 0 Å². The lowest BCUT2D eigenvalue weighted by molar-refractivity contribution is 0.281. The Morgan fingerprint density at radius 2 is 2.15 bits per heavy atom. The number of rotatable bonds is 7. The Bertz CT molecular complexity index is 525. The second kappa shape index (κ2) is 7.41. The molecule has 4 heteroatoms. The van der Waals surface area contributed by atoms with Crippen LogP contribution in [0.1, 0.15) is 29.5 Å². The summed E-state index contributed by atoms with van der Waals surface area (Å²) in [4.78, 5) is 8.25. The molecule has 0 saturated carbocycles. The van der Waals surface area contributed by atoms with E-state index in [9.17, 15) is 5.11 Å². The average Bonchev–Trinajstić information content (AvgIpc) is 2.98. The van der Waals surface area contributed by atoms with Gasteiger partial charge in [0, 0.05) is 24.2 Å². The number of hydrogen-bond acceptors (Lipinski definition) is 4. The molecular weight excluding hydrogens is 268 g/mol. The smallest absolute Gasteiger partial charge is 0.128 e. The van der Waals surface area contributed by atoms with Crippen LogP contribution in [-0.2, 0) is 19.4 Å². The zero-order valence-corrected chi connectivity index (χ0v) is 13.0. The summed E-state index contributed by atoms with van der Waals surface area (Å²) in [5, 5.41) is 11.5. The molecule has 0 fully saturated rings. The van der Waals surface area contributed by atoms with Gasteiger partial charge in [0.1, 0.15) is 5.82 Å². The lowest BCUT2D eigenvalue weighted by Gasteiger charge is -2.19. The number of nitrogens with zero attached hydrogens (tertiary/aromatic N) is 2. The van der Waals surface area contributed by atoms with E-state index >= 15 is 0 Å². The van der Waals surface area contributed by atoms with E-state index in [4.69, 9.17) is 0 Å². The lowest BCUT2D eigenvalue weighted by Crippen LogP contribution is -2.21. The highest BCUT2D eigenvalue weighted by molar-refractivity contribution is 7.09. The third kappa shape index (κ3) is 4.05. The number of aromatic nitrogens is 1. The number of hydrogen-bond donors (Lipinski definition) is 1. The van der Waals surface area contributed by atoms with E-state index < -0.39 is 0 Å². The minimum absolute atomic E-state index is 0.0744. The van der Waals surface area contributed by atoms with Gasteiger partial charge in [-0.1, -0.05) is 19.4 Å². The molecule has 20 heavy (non-hydrogen) atoms. The molecule has 0 radical (unpaired) electrons. The van der Waals surface area contributed by atoms with E-state index in [2.05, 4.69) is 41.4 Å². The molecule has 0 amide bonds. The summed E-state index contributed by atoms with van der Waals surface area (Å²) in [5.41, 5.74) is 2.01. The highest BCUT2D eigenvalue weighted by Crippen LogP contribution is 2.17. The molecule has 0 aliphatic rings. The predicted octanol–water partition coefficient (Wildman–Crippen LogP) is 3.27. The van der Waals surface area contributed by atoms with E-state index in [1.54, 1.807) is 11.3 Å². The van der Waals surface area contributed by atoms with Crippen LogP contribution in [0, 0.1) is 0 Å². The molecule has 1 N–H and O–H groups in total. The first-order valence-electron chi connectivity index (χ1n) is 7.07. The van der Waals surface area contributed by atoms with E-state index in [0.29, 0.717) is 0 Å². The van der Waals surface area contributed by atoms with Crippen molar-refractivity contribution in [3.63, 3.8) is 0 Å². The third-order valence-electron chi connectivity index (χ3n) is 3.28. The Morgan fingerprint density at radius 1 is 1.30 bits per heavy atom. The lowest BCUT2D eigenvalue weighted by atomic mass is 10.1. The molecule has 0 bridgehead atoms. The van der Waals surface area contributed by atoms with Crippen molar-refractivity contribution in [2.45, 2.75) is 32.8 Å². The standard InChI is InChI=1S/C16H22N2OS/c1-3-5-14-10-13(12-19)11-16(17-14)18(2)8-7-15-6-4-9-20-15/h4,6,9-11,19H,3,5,7-8,12H2,1-2H3. The van der Waals surface area contributed by atoms with E-state index in [1.807, 2.05) is 12.1 Å². The van der Waals surface area contributed by atoms with Gasteiger partial charge in [0.2, 0.25) is 0 Å². The maximum absolute atomic E-state index is 9.37. The Hall–Kier alpha value is -1.39. The van der Waals surface area contributed by atoms with E-state index in [-0.39, 0.29) is 6.61 Å². The highest BCUT2D eigenvalue weighted by Gasteiger charge is 2.07. The van der Waals surface area contributed by atoms with Crippen molar-refractivity contribution < 1.29 is 5.11 Å². The molecule has 108 valence electrons. The first kappa shape index (κ1) is 15.0. The van der Waals surface area contributed by atoms with E-state index in [0.717, 1.165) is 42.9 Å². The monoisotopic (exact) mass is 290 g/mol. The second-order valence-electron chi connectivity index (χ2n) is 4.98. The van der Waals surface area contributed by atoms with E-state index in [1.165, 1.54) is 4.88 Å². The van der Waals surface area contributed by atoms with Crippen molar-refractivity contribution in [3.8, 4) is 0 Å². The molecule has 2 heterocycles. The van der Waals surface area contributed by atoms with Crippen LogP contribution >= 0.6 is 11.3 Å². The molecule has 0 aliphatic carbocycles. The minimum atomic E-state index is 0.0744. The summed E-state index contributed by atoms with van der Waals surface area (Å²) in [6.07, 6.45) is 3.06. The van der Waals surface area contributed by atoms with Gasteiger partial charge in [-0.3, -0.25) is 0 Å². The molecule has 0 saturated heterocycles. The van der Waals surface area contributed by atoms with Gasteiger partial charge in [-0.2, -0.15) is 0 Å². The number of thiophene rings is 1. The minimum Gasteiger partial charge on any atom is -0.392 e. The Labute approximate surface area is 124 Å². The summed E-state index contributed by atoms with van der Waals surface area (Å²) < 4.78 is 0. The number of anilines is 1. The molecule has 0 unspecified atom stereocenters. The molecule has 0 atom stereocenters. The quantitative estimate of drug-likeness (QED) is 0.850. The molecule has 0 spiro atoms. The van der Waals surface area contributed by atoms with Gasteiger partial charge in [0.15, 0.2) is 0 Å². The number of aryl methyl sites for hydroxylation is 1. The molecular formula is C16H22N2OS. The summed E-state index contributed by atoms with van der Waals surface area (Å²) in [7, 11) is 2.06. The van der Waals surface area contributed by atoms with Gasteiger partial charge in [-0.15, -0.1) is 11.3 Å². The molecule has 2 rings (SSSR count). The zero-order chi connectivity index (χ0) is 14.4. The number of likely N-dealkylation sites (N-methyl/N-ethyl adjacent to an activating group) is 1. The van der Waals surface area contributed by atoms with Crippen molar-refractivity contribution in [2.24, 2.45) is 0 Å². The molecule has 3 nitrogen and oxygen atoms in total. The van der Waals surface area contributed by atoms with Gasteiger partial charge >= 0.3 is 0 Å². The fourth-order valence-electron chi connectivity index (χ4n) is 2.15. The number of aliphatic hydroxyl groups is 1. The van der Waals surface area contributed by atoms with Gasteiger partial charge < -0.3 is 10.0 Å². The van der Waals surface area contributed by atoms with Crippen LogP contribution in [0.3, 0.4) is 0 Å². The summed E-state index contributed by atoms with van der Waals surface area (Å²) in [6, 6.07) is 8.23. The van der Waals surface area contributed by atoms with Gasteiger partial charge in [0.05, 0.1) is 6.61 Å². The fourth-order valence-corrected chi connectivity index (χ4v) is 2.85. The second-order valence-corrected chi connectivity index (χ2v) is 6.02. The summed E-state index contributed by atoms with van der Waals surface area (Å²) in [6.45, 7) is 3.16. The van der Waals surface area contributed by atoms with Crippen LogP contribution in [0.2, 0.25) is 0 Å². The van der Waals surface area contributed by atoms with Crippen molar-refractivity contribution in [1.82, 2.24) is 4.98 Å². The van der Waals surface area contributed by atoms with Gasteiger partial charge in [-0.05, 0) is 42.0 Å². The largest absolute Gasteiger partial charge is 0.392 e. The molecule has 0 aromatic carbocycles. The Balaban J connectivity index is 2.07. The van der Waals surface area contributed by atoms with Crippen LogP contribution in [0.15, 0.2) is 29.6 Å². The van der Waals surface area contributed by atoms with Crippen molar-refractivity contribution in [1.29, 1.82) is 0 Å². The fraction of sp³-hybridized carbons (Fsp3) is 0.438. The maximum atomic E-state index is 9.37. The first-order valence-corrected chi connectivity index (χ1v) is 7.95. The topological polar surface area (TPSA) is 36.4 Å². The molecule has 2 aromatic rings. The average molecular weight is 290 g/mol. The van der Waals surface area contributed by atoms with Gasteiger partial charge in [0.25, 0.3) is 0 Å². The zero-order valence-electron chi connectivity index (χ0n) is 12.2. The van der Waals surface area contributed by atoms with Gasteiger partial charge in [-0.25, -0.2) is 4.98 Å². The molecule has 2 aromatic heterocycles. The van der Waals surface area contributed by atoms with Crippen molar-refractivity contribution in [3.05, 3.63) is 45.8 Å². The SMILES string of the molecule is CCCc1cc(CO)cc(N(C)CCc2cccs2)n1. The highest BCUT2D eigenvalue weighted by atomic mass is 32.1. The summed E-state index contributed by atoms with van der Waals surface area (Å²) in [5.74, 6) is 0.955. The van der Waals surface area contributed by atoms with Crippen molar-refractivity contribution >= 4 is 17.2 Å². The van der Waals surface area contributed by atoms with Crippen LogP contribution in [0.5, 0.6) is 0 Å².